The van der Waals surface area contributed by atoms with Gasteiger partial charge in [0.25, 0.3) is 0 Å². The van der Waals surface area contributed by atoms with Gasteiger partial charge in [0, 0.05) is 17.1 Å². The van der Waals surface area contributed by atoms with E-state index >= 15 is 0 Å². The van der Waals surface area contributed by atoms with Gasteiger partial charge in [0.05, 0.1) is 17.5 Å². The van der Waals surface area contributed by atoms with Gasteiger partial charge in [0.2, 0.25) is 0 Å². The highest BCUT2D eigenvalue weighted by molar-refractivity contribution is 7.10. The molecule has 3 nitrogen and oxygen atoms in total. The van der Waals surface area contributed by atoms with Gasteiger partial charge in [-0.05, 0) is 23.6 Å². The van der Waals surface area contributed by atoms with Gasteiger partial charge < -0.3 is 9.84 Å². The number of aromatic nitrogens is 1. The van der Waals surface area contributed by atoms with E-state index in [0.29, 0.717) is 5.75 Å². The molecule has 96 valence electrons. The summed E-state index contributed by atoms with van der Waals surface area (Å²) >= 11 is 1.48. The number of para-hydroxylation sites is 1. The first-order valence-corrected chi connectivity index (χ1v) is 6.81. The van der Waals surface area contributed by atoms with E-state index in [-0.39, 0.29) is 0 Å². The first-order chi connectivity index (χ1) is 9.29. The minimum atomic E-state index is -0.702. The Morgan fingerprint density at radius 3 is 2.95 bits per heavy atom. The van der Waals surface area contributed by atoms with E-state index in [2.05, 4.69) is 4.98 Å². The summed E-state index contributed by atoms with van der Waals surface area (Å²) in [4.78, 5) is 5.18. The molecule has 0 saturated heterocycles. The predicted molar refractivity (Wildman–Crippen MR) is 76.7 cm³/mol. The predicted octanol–water partition coefficient (Wildman–Crippen LogP) is 3.39. The van der Waals surface area contributed by atoms with Crippen LogP contribution in [-0.4, -0.2) is 17.2 Å². The molecule has 0 radical (unpaired) electrons. The average molecular weight is 271 g/mol. The molecule has 3 aromatic rings. The lowest BCUT2D eigenvalue weighted by Gasteiger charge is -2.11. The molecule has 1 atom stereocenters. The van der Waals surface area contributed by atoms with Crippen LogP contribution in [0, 0.1) is 0 Å². The van der Waals surface area contributed by atoms with Gasteiger partial charge in [-0.15, -0.1) is 11.3 Å². The summed E-state index contributed by atoms with van der Waals surface area (Å²) in [5.41, 5.74) is 1.70. The number of nitrogens with zero attached hydrogens (tertiary/aromatic N) is 1. The summed E-state index contributed by atoms with van der Waals surface area (Å²) in [6.07, 6.45) is 1.01. The average Bonchev–Trinajstić information content (AvgIpc) is 2.94. The van der Waals surface area contributed by atoms with Crippen molar-refractivity contribution in [2.24, 2.45) is 0 Å². The molecule has 0 aliphatic carbocycles. The quantitative estimate of drug-likeness (QED) is 0.794. The van der Waals surface area contributed by atoms with Crippen LogP contribution in [0.5, 0.6) is 5.75 Å². The lowest BCUT2D eigenvalue weighted by Crippen LogP contribution is -2.00. The lowest BCUT2D eigenvalue weighted by atomic mass is 10.1. The number of aliphatic hydroxyl groups excluding tert-OH is 1. The number of benzene rings is 1. The third-order valence-electron chi connectivity index (χ3n) is 3.05. The topological polar surface area (TPSA) is 42.4 Å². The number of hydrogen-bond acceptors (Lipinski definition) is 4. The molecule has 19 heavy (non-hydrogen) atoms. The van der Waals surface area contributed by atoms with Gasteiger partial charge in [-0.25, -0.2) is 0 Å². The van der Waals surface area contributed by atoms with Gasteiger partial charge >= 0.3 is 0 Å². The maximum Gasteiger partial charge on any atom is 0.135 e. The second kappa shape index (κ2) is 4.99. The van der Waals surface area contributed by atoms with Crippen LogP contribution in [0.4, 0.5) is 0 Å². The molecule has 2 aromatic heterocycles. The van der Waals surface area contributed by atoms with Crippen molar-refractivity contribution >= 4 is 22.2 Å². The Kier molecular flexibility index (Phi) is 3.19. The van der Waals surface area contributed by atoms with E-state index in [1.54, 1.807) is 13.3 Å². The summed E-state index contributed by atoms with van der Waals surface area (Å²) in [6.45, 7) is 0. The summed E-state index contributed by atoms with van der Waals surface area (Å²) < 4.78 is 5.25. The second-order valence-electron chi connectivity index (χ2n) is 4.22. The molecule has 1 N–H and O–H groups in total. The van der Waals surface area contributed by atoms with Crippen molar-refractivity contribution in [1.82, 2.24) is 4.98 Å². The third-order valence-corrected chi connectivity index (χ3v) is 4.00. The summed E-state index contributed by atoms with van der Waals surface area (Å²) in [6, 6.07) is 11.7. The Bertz CT molecular complexity index is 708. The SMILES string of the molecule is COc1ccsc1C(O)c1cnc2ccccc2c1. The van der Waals surface area contributed by atoms with Crippen molar-refractivity contribution < 1.29 is 9.84 Å². The van der Waals surface area contributed by atoms with E-state index in [1.807, 2.05) is 41.8 Å². The minimum Gasteiger partial charge on any atom is -0.495 e. The molecule has 0 fully saturated rings. The number of pyridine rings is 1. The van der Waals surface area contributed by atoms with Crippen molar-refractivity contribution in [2.45, 2.75) is 6.10 Å². The van der Waals surface area contributed by atoms with Crippen LogP contribution < -0.4 is 4.74 Å². The zero-order chi connectivity index (χ0) is 13.2. The van der Waals surface area contributed by atoms with Crippen LogP contribution >= 0.6 is 11.3 Å². The smallest absolute Gasteiger partial charge is 0.135 e. The molecule has 0 aliphatic rings. The lowest BCUT2D eigenvalue weighted by molar-refractivity contribution is 0.219. The number of hydrogen-bond donors (Lipinski definition) is 1. The molecule has 0 bridgehead atoms. The first kappa shape index (κ1) is 12.1. The van der Waals surface area contributed by atoms with Crippen LogP contribution in [0.15, 0.2) is 48.0 Å². The maximum absolute atomic E-state index is 10.4. The largest absolute Gasteiger partial charge is 0.495 e. The fourth-order valence-corrected chi connectivity index (χ4v) is 2.94. The zero-order valence-corrected chi connectivity index (χ0v) is 11.2. The van der Waals surface area contributed by atoms with Gasteiger partial charge in [-0.1, -0.05) is 18.2 Å². The fourth-order valence-electron chi connectivity index (χ4n) is 2.07. The highest BCUT2D eigenvalue weighted by Gasteiger charge is 2.17. The minimum absolute atomic E-state index is 0.702. The van der Waals surface area contributed by atoms with Gasteiger partial charge in [-0.2, -0.15) is 0 Å². The fraction of sp³-hybridized carbons (Fsp3) is 0.133. The number of ether oxygens (including phenoxy) is 1. The van der Waals surface area contributed by atoms with Crippen molar-refractivity contribution in [3.63, 3.8) is 0 Å². The van der Waals surface area contributed by atoms with E-state index in [1.165, 1.54) is 11.3 Å². The van der Waals surface area contributed by atoms with Crippen LogP contribution in [0.25, 0.3) is 10.9 Å². The molecule has 1 aromatic carbocycles. The molecule has 0 saturated carbocycles. The molecule has 0 spiro atoms. The second-order valence-corrected chi connectivity index (χ2v) is 5.16. The van der Waals surface area contributed by atoms with Crippen LogP contribution in [0.1, 0.15) is 16.5 Å². The summed E-state index contributed by atoms with van der Waals surface area (Å²) in [7, 11) is 1.61. The van der Waals surface area contributed by atoms with E-state index in [9.17, 15) is 5.11 Å². The molecule has 2 heterocycles. The van der Waals surface area contributed by atoms with Crippen LogP contribution in [-0.2, 0) is 0 Å². The van der Waals surface area contributed by atoms with Crippen LogP contribution in [0.3, 0.4) is 0 Å². The molecule has 0 amide bonds. The Morgan fingerprint density at radius 1 is 1.26 bits per heavy atom. The van der Waals surface area contributed by atoms with Crippen molar-refractivity contribution in [1.29, 1.82) is 0 Å². The Morgan fingerprint density at radius 2 is 2.11 bits per heavy atom. The number of thiophene rings is 1. The highest BCUT2D eigenvalue weighted by atomic mass is 32.1. The van der Waals surface area contributed by atoms with Gasteiger partial charge in [0.15, 0.2) is 0 Å². The van der Waals surface area contributed by atoms with Gasteiger partial charge in [-0.3, -0.25) is 4.98 Å². The Labute approximate surface area is 115 Å². The highest BCUT2D eigenvalue weighted by Crippen LogP contribution is 2.34. The van der Waals surface area contributed by atoms with Crippen molar-refractivity contribution in [2.75, 3.05) is 7.11 Å². The Hall–Kier alpha value is -1.91. The third kappa shape index (κ3) is 2.20. The molecule has 1 unspecified atom stereocenters. The molecule has 3 rings (SSSR count). The van der Waals surface area contributed by atoms with E-state index in [4.69, 9.17) is 4.74 Å². The summed E-state index contributed by atoms with van der Waals surface area (Å²) in [5, 5.41) is 13.4. The normalized spacial score (nSPS) is 12.5. The van der Waals surface area contributed by atoms with E-state index in [0.717, 1.165) is 21.3 Å². The molecule has 4 heteroatoms. The first-order valence-electron chi connectivity index (χ1n) is 5.93. The van der Waals surface area contributed by atoms with E-state index < -0.39 is 6.10 Å². The molecular formula is C15H13NO2S. The van der Waals surface area contributed by atoms with Crippen molar-refractivity contribution in [3.8, 4) is 5.75 Å². The monoisotopic (exact) mass is 271 g/mol. The van der Waals surface area contributed by atoms with Crippen LogP contribution in [0.2, 0.25) is 0 Å². The zero-order valence-electron chi connectivity index (χ0n) is 10.4. The van der Waals surface area contributed by atoms with Gasteiger partial charge in [0.1, 0.15) is 11.9 Å². The number of aliphatic hydroxyl groups is 1. The Balaban J connectivity index is 2.04. The van der Waals surface area contributed by atoms with Crippen molar-refractivity contribution in [3.05, 3.63) is 58.4 Å². The molecule has 0 aliphatic heterocycles. The summed E-state index contributed by atoms with van der Waals surface area (Å²) in [5.74, 6) is 0.714. The maximum atomic E-state index is 10.4. The number of methoxy groups -OCH3 is 1. The molecular weight excluding hydrogens is 258 g/mol. The standard InChI is InChI=1S/C15H13NO2S/c1-18-13-6-7-19-15(13)14(17)11-8-10-4-2-3-5-12(10)16-9-11/h2-9,14,17H,1H3. The number of fused-ring (bicyclic) bond motifs is 1. The number of rotatable bonds is 3.